The molecular weight excluding hydrogens is 431 g/mol. The van der Waals surface area contributed by atoms with E-state index in [9.17, 15) is 18.8 Å². The molecule has 172 valence electrons. The fourth-order valence-corrected chi connectivity index (χ4v) is 4.05. The zero-order chi connectivity index (χ0) is 23.7. The third kappa shape index (κ3) is 3.95. The maximum Gasteiger partial charge on any atom is 0.322 e. The number of nitrogens with zero attached hydrogens (tertiary/aromatic N) is 2. The molecule has 0 unspecified atom stereocenters. The summed E-state index contributed by atoms with van der Waals surface area (Å²) in [5.41, 5.74) is 1.40. The van der Waals surface area contributed by atoms with E-state index in [0.29, 0.717) is 28.3 Å². The van der Waals surface area contributed by atoms with E-state index in [0.717, 1.165) is 0 Å². The molecule has 9 nitrogen and oxygen atoms in total. The molecule has 2 aliphatic heterocycles. The average molecular weight is 454 g/mol. The number of ether oxygens (including phenoxy) is 2. The average Bonchev–Trinajstić information content (AvgIpc) is 3.13. The molecule has 33 heavy (non-hydrogen) atoms. The fraction of sp³-hybridized carbons (Fsp3) is 0.261. The third-order valence-corrected chi connectivity index (χ3v) is 5.66. The summed E-state index contributed by atoms with van der Waals surface area (Å²) in [7, 11) is 4.53. The number of benzene rings is 2. The van der Waals surface area contributed by atoms with Gasteiger partial charge >= 0.3 is 6.03 Å². The molecule has 4 rings (SSSR count). The smallest absolute Gasteiger partial charge is 0.322 e. The predicted octanol–water partition coefficient (Wildman–Crippen LogP) is 2.27. The van der Waals surface area contributed by atoms with Crippen molar-refractivity contribution in [1.82, 2.24) is 15.1 Å². The first-order valence-corrected chi connectivity index (χ1v) is 10.2. The summed E-state index contributed by atoms with van der Waals surface area (Å²) in [6.45, 7) is -0.240. The zero-order valence-corrected chi connectivity index (χ0v) is 18.3. The lowest BCUT2D eigenvalue weighted by Gasteiger charge is -2.31. The van der Waals surface area contributed by atoms with Crippen LogP contribution in [0.15, 0.2) is 53.7 Å². The normalized spacial score (nSPS) is 17.6. The monoisotopic (exact) mass is 454 g/mol. The molecule has 2 N–H and O–H groups in total. The number of rotatable bonds is 6. The maximum atomic E-state index is 13.9. The van der Waals surface area contributed by atoms with Crippen LogP contribution in [0.25, 0.3) is 0 Å². The van der Waals surface area contributed by atoms with Crippen molar-refractivity contribution < 1.29 is 28.2 Å². The van der Waals surface area contributed by atoms with Crippen molar-refractivity contribution in [2.45, 2.75) is 6.04 Å². The molecule has 10 heteroatoms. The number of carbonyl (C=O) groups excluding carboxylic acids is 3. The van der Waals surface area contributed by atoms with Crippen molar-refractivity contribution in [3.63, 3.8) is 0 Å². The Morgan fingerprint density at radius 1 is 1.15 bits per heavy atom. The standard InChI is InChI=1S/C23H23FN4O5/c1-27-16-11-28(12-18(29)25-15-9-5-4-8-14(15)24)22(30)19(16)20(26-23(27)31)13-7-6-10-17(32-2)21(13)33-3/h4-10,20H,11-12H2,1-3H3,(H,25,29)(H,26,31)/t20-/m1/s1. The number of urea groups is 1. The number of para-hydroxylation sites is 2. The van der Waals surface area contributed by atoms with Gasteiger partial charge in [0.1, 0.15) is 12.4 Å². The van der Waals surface area contributed by atoms with Gasteiger partial charge in [-0.05, 0) is 18.2 Å². The van der Waals surface area contributed by atoms with Gasteiger partial charge in [-0.3, -0.25) is 14.5 Å². The largest absolute Gasteiger partial charge is 0.493 e. The highest BCUT2D eigenvalue weighted by molar-refractivity contribution is 6.04. The number of hydrogen-bond donors (Lipinski definition) is 2. The van der Waals surface area contributed by atoms with Crippen molar-refractivity contribution in [3.05, 3.63) is 65.1 Å². The molecule has 2 heterocycles. The molecule has 0 spiro atoms. The van der Waals surface area contributed by atoms with E-state index in [2.05, 4.69) is 10.6 Å². The predicted molar refractivity (Wildman–Crippen MR) is 117 cm³/mol. The number of halogens is 1. The van der Waals surface area contributed by atoms with Gasteiger partial charge in [-0.1, -0.05) is 24.3 Å². The zero-order valence-electron chi connectivity index (χ0n) is 18.3. The van der Waals surface area contributed by atoms with Crippen molar-refractivity contribution in [2.24, 2.45) is 0 Å². The molecule has 0 saturated heterocycles. The van der Waals surface area contributed by atoms with Gasteiger partial charge in [-0.25, -0.2) is 9.18 Å². The second-order valence-electron chi connectivity index (χ2n) is 7.57. The molecule has 1 atom stereocenters. The molecule has 0 aliphatic carbocycles. The van der Waals surface area contributed by atoms with E-state index in [1.807, 2.05) is 0 Å². The van der Waals surface area contributed by atoms with Crippen LogP contribution in [-0.4, -0.2) is 62.0 Å². The molecular formula is C23H23FN4O5. The first-order valence-electron chi connectivity index (χ1n) is 10.2. The lowest BCUT2D eigenvalue weighted by Crippen LogP contribution is -2.45. The summed E-state index contributed by atoms with van der Waals surface area (Å²) in [6, 6.07) is 9.78. The van der Waals surface area contributed by atoms with Gasteiger partial charge in [0.05, 0.1) is 43.8 Å². The lowest BCUT2D eigenvalue weighted by atomic mass is 9.94. The Morgan fingerprint density at radius 2 is 1.91 bits per heavy atom. The van der Waals surface area contributed by atoms with Gasteiger partial charge in [-0.15, -0.1) is 0 Å². The van der Waals surface area contributed by atoms with E-state index < -0.39 is 29.7 Å². The minimum atomic E-state index is -0.791. The van der Waals surface area contributed by atoms with Crippen molar-refractivity contribution in [3.8, 4) is 11.5 Å². The Labute approximate surface area is 189 Å². The minimum Gasteiger partial charge on any atom is -0.493 e. The summed E-state index contributed by atoms with van der Waals surface area (Å²) in [4.78, 5) is 41.2. The summed E-state index contributed by atoms with van der Waals surface area (Å²) in [6.07, 6.45) is 0. The number of hydrogen-bond acceptors (Lipinski definition) is 5. The highest BCUT2D eigenvalue weighted by Crippen LogP contribution is 2.42. The second kappa shape index (κ2) is 8.81. The Balaban J connectivity index is 1.62. The molecule has 4 amide bonds. The maximum absolute atomic E-state index is 13.9. The van der Waals surface area contributed by atoms with E-state index in [4.69, 9.17) is 9.47 Å². The SMILES string of the molecule is COc1cccc([C@H]2NC(=O)N(C)C3=C2C(=O)N(CC(=O)Nc2ccccc2F)C3)c1OC. The number of likely N-dealkylation sites (N-methyl/N-ethyl adjacent to an activating group) is 1. The van der Waals surface area contributed by atoms with Crippen LogP contribution in [0.1, 0.15) is 11.6 Å². The van der Waals surface area contributed by atoms with E-state index in [-0.39, 0.29) is 18.8 Å². The number of anilines is 1. The molecule has 0 bridgehead atoms. The van der Waals surface area contributed by atoms with Crippen LogP contribution in [0.4, 0.5) is 14.9 Å². The summed E-state index contributed by atoms with van der Waals surface area (Å²) >= 11 is 0. The molecule has 2 aliphatic rings. The van der Waals surface area contributed by atoms with Gasteiger partial charge in [0.2, 0.25) is 5.91 Å². The van der Waals surface area contributed by atoms with Crippen LogP contribution >= 0.6 is 0 Å². The first kappa shape index (κ1) is 22.1. The lowest BCUT2D eigenvalue weighted by molar-refractivity contribution is -0.130. The number of methoxy groups -OCH3 is 2. The minimum absolute atomic E-state index is 0.0276. The molecule has 0 fully saturated rings. The number of nitrogens with one attached hydrogen (secondary N) is 2. The van der Waals surface area contributed by atoms with Crippen LogP contribution in [-0.2, 0) is 9.59 Å². The second-order valence-corrected chi connectivity index (χ2v) is 7.57. The number of carbonyl (C=O) groups is 3. The van der Waals surface area contributed by atoms with Gasteiger partial charge in [0, 0.05) is 12.6 Å². The van der Waals surface area contributed by atoms with Gasteiger partial charge < -0.3 is 25.0 Å². The van der Waals surface area contributed by atoms with E-state index in [1.165, 1.54) is 42.2 Å². The van der Waals surface area contributed by atoms with Crippen molar-refractivity contribution >= 4 is 23.5 Å². The third-order valence-electron chi connectivity index (χ3n) is 5.66. The van der Waals surface area contributed by atoms with E-state index in [1.54, 1.807) is 31.3 Å². The summed E-state index contributed by atoms with van der Waals surface area (Å²) < 4.78 is 24.7. The Bertz CT molecular complexity index is 1170. The van der Waals surface area contributed by atoms with Crippen molar-refractivity contribution in [1.29, 1.82) is 0 Å². The quantitative estimate of drug-likeness (QED) is 0.698. The molecule has 2 aromatic carbocycles. The topological polar surface area (TPSA) is 100 Å². The van der Waals surface area contributed by atoms with Gasteiger partial charge in [0.15, 0.2) is 11.5 Å². The Hall–Kier alpha value is -4.08. The molecule has 2 aromatic rings. The Kier molecular flexibility index (Phi) is 5.91. The van der Waals surface area contributed by atoms with E-state index >= 15 is 0 Å². The summed E-state index contributed by atoms with van der Waals surface area (Å²) in [5, 5.41) is 5.30. The van der Waals surface area contributed by atoms with Crippen LogP contribution in [0.5, 0.6) is 11.5 Å². The molecule has 0 radical (unpaired) electrons. The highest BCUT2D eigenvalue weighted by Gasteiger charge is 2.44. The summed E-state index contributed by atoms with van der Waals surface area (Å²) in [5.74, 6) is -0.681. The van der Waals surface area contributed by atoms with Crippen LogP contribution in [0.3, 0.4) is 0 Å². The molecule has 0 aromatic heterocycles. The Morgan fingerprint density at radius 3 is 2.61 bits per heavy atom. The fourth-order valence-electron chi connectivity index (χ4n) is 4.05. The van der Waals surface area contributed by atoms with Crippen molar-refractivity contribution in [2.75, 3.05) is 39.7 Å². The van der Waals surface area contributed by atoms with Gasteiger partial charge in [0.25, 0.3) is 5.91 Å². The first-order chi connectivity index (χ1) is 15.8. The molecule has 0 saturated carbocycles. The van der Waals surface area contributed by atoms with Crippen LogP contribution in [0, 0.1) is 5.82 Å². The highest BCUT2D eigenvalue weighted by atomic mass is 19.1. The van der Waals surface area contributed by atoms with Crippen LogP contribution in [0.2, 0.25) is 0 Å². The van der Waals surface area contributed by atoms with Gasteiger partial charge in [-0.2, -0.15) is 0 Å². The number of amides is 4. The van der Waals surface area contributed by atoms with Crippen LogP contribution < -0.4 is 20.1 Å².